The Labute approximate surface area is 137 Å². The van der Waals surface area contributed by atoms with E-state index in [9.17, 15) is 4.79 Å². The number of rotatable bonds is 5. The number of para-hydroxylation sites is 1. The lowest BCUT2D eigenvalue weighted by molar-refractivity contribution is -0.117. The zero-order valence-corrected chi connectivity index (χ0v) is 13.5. The number of primary amides is 1. The molecular formula is C16H17N5OS. The maximum atomic E-state index is 11.3. The number of H-pyrrole nitrogens is 1. The molecule has 1 aromatic carbocycles. The first-order valence-corrected chi connectivity index (χ1v) is 8.50. The van der Waals surface area contributed by atoms with Crippen molar-refractivity contribution in [1.82, 2.24) is 19.7 Å². The van der Waals surface area contributed by atoms with Crippen molar-refractivity contribution < 1.29 is 4.79 Å². The Morgan fingerprint density at radius 3 is 2.91 bits per heavy atom. The first kappa shape index (κ1) is 14.3. The number of benzene rings is 1. The molecule has 0 radical (unpaired) electrons. The fourth-order valence-corrected chi connectivity index (χ4v) is 3.55. The number of nitrogens with zero attached hydrogens (tertiary/aromatic N) is 3. The summed E-state index contributed by atoms with van der Waals surface area (Å²) in [7, 11) is 0. The summed E-state index contributed by atoms with van der Waals surface area (Å²) in [5, 5.41) is 10.3. The summed E-state index contributed by atoms with van der Waals surface area (Å²) in [6.07, 6.45) is 4.21. The molecule has 2 heterocycles. The molecule has 1 aliphatic carbocycles. The monoisotopic (exact) mass is 327 g/mol. The molecule has 1 fully saturated rings. The molecule has 23 heavy (non-hydrogen) atoms. The Morgan fingerprint density at radius 1 is 1.39 bits per heavy atom. The Hall–Kier alpha value is -2.28. The highest BCUT2D eigenvalue weighted by Gasteiger charge is 2.31. The minimum atomic E-state index is -0.339. The number of thioether (sulfide) groups is 1. The number of hydrogen-bond acceptors (Lipinski definition) is 4. The second kappa shape index (κ2) is 5.42. The molecule has 0 spiro atoms. The van der Waals surface area contributed by atoms with Gasteiger partial charge in [0, 0.05) is 28.7 Å². The number of aromatic nitrogens is 4. The summed E-state index contributed by atoms with van der Waals surface area (Å²) in [5.74, 6) is 0.512. The number of carbonyl (C=O) groups is 1. The second-order valence-electron chi connectivity index (χ2n) is 5.82. The molecule has 1 atom stereocenters. The van der Waals surface area contributed by atoms with E-state index < -0.39 is 0 Å². The minimum absolute atomic E-state index is 0.326. The fraction of sp³-hybridized carbons (Fsp3) is 0.312. The summed E-state index contributed by atoms with van der Waals surface area (Å²) >= 11 is 1.37. The van der Waals surface area contributed by atoms with Gasteiger partial charge in [0.25, 0.3) is 0 Å². The molecule has 4 rings (SSSR count). The van der Waals surface area contributed by atoms with E-state index in [-0.39, 0.29) is 11.2 Å². The largest absolute Gasteiger partial charge is 0.369 e. The zero-order chi connectivity index (χ0) is 16.0. The van der Waals surface area contributed by atoms with Crippen molar-refractivity contribution in [1.29, 1.82) is 0 Å². The summed E-state index contributed by atoms with van der Waals surface area (Å²) in [6.45, 7) is 1.80. The SMILES string of the molecule is CC(Sc1nnc(-c2c[nH]c3ccccc23)n1C1CC1)C(N)=O. The predicted octanol–water partition coefficient (Wildman–Crippen LogP) is 2.73. The number of fused-ring (bicyclic) bond motifs is 1. The van der Waals surface area contributed by atoms with Crippen LogP contribution in [-0.2, 0) is 4.79 Å². The molecule has 3 N–H and O–H groups in total. The highest BCUT2D eigenvalue weighted by atomic mass is 32.2. The van der Waals surface area contributed by atoms with E-state index in [1.54, 1.807) is 6.92 Å². The first-order chi connectivity index (χ1) is 11.1. The van der Waals surface area contributed by atoms with Crippen LogP contribution in [0.1, 0.15) is 25.8 Å². The van der Waals surface area contributed by atoms with Gasteiger partial charge in [-0.25, -0.2) is 0 Å². The van der Waals surface area contributed by atoms with Gasteiger partial charge in [-0.15, -0.1) is 10.2 Å². The highest BCUT2D eigenvalue weighted by molar-refractivity contribution is 8.00. The van der Waals surface area contributed by atoms with Gasteiger partial charge in [0.15, 0.2) is 11.0 Å². The third kappa shape index (κ3) is 2.50. The standard InChI is InChI=1S/C16H17N5OS/c1-9(14(17)22)23-16-20-19-15(21(16)10-6-7-10)12-8-18-13-5-3-2-4-11(12)13/h2-5,8-10,18H,6-7H2,1H3,(H2,17,22). The molecule has 7 heteroatoms. The first-order valence-electron chi connectivity index (χ1n) is 7.62. The number of hydrogen-bond donors (Lipinski definition) is 2. The van der Waals surface area contributed by atoms with Crippen LogP contribution in [0.5, 0.6) is 0 Å². The Bertz CT molecular complexity index is 880. The van der Waals surface area contributed by atoms with Crippen molar-refractivity contribution in [2.24, 2.45) is 5.73 Å². The van der Waals surface area contributed by atoms with Crippen LogP contribution in [0.25, 0.3) is 22.3 Å². The number of nitrogens with one attached hydrogen (secondary N) is 1. The molecule has 6 nitrogen and oxygen atoms in total. The van der Waals surface area contributed by atoms with E-state index >= 15 is 0 Å². The number of aromatic amines is 1. The van der Waals surface area contributed by atoms with Gasteiger partial charge in [-0.3, -0.25) is 9.36 Å². The van der Waals surface area contributed by atoms with Crippen LogP contribution in [0.15, 0.2) is 35.6 Å². The molecule has 0 saturated heterocycles. The molecule has 3 aromatic rings. The van der Waals surface area contributed by atoms with E-state index in [2.05, 4.69) is 25.8 Å². The maximum absolute atomic E-state index is 11.3. The topological polar surface area (TPSA) is 89.6 Å². The van der Waals surface area contributed by atoms with Gasteiger partial charge in [-0.2, -0.15) is 0 Å². The van der Waals surface area contributed by atoms with Crippen LogP contribution < -0.4 is 5.73 Å². The molecule has 0 bridgehead atoms. The lowest BCUT2D eigenvalue weighted by atomic mass is 10.1. The van der Waals surface area contributed by atoms with Crippen molar-refractivity contribution in [3.8, 4) is 11.4 Å². The molecule has 1 amide bonds. The van der Waals surface area contributed by atoms with E-state index in [0.29, 0.717) is 6.04 Å². The second-order valence-corrected chi connectivity index (χ2v) is 7.13. The van der Waals surface area contributed by atoms with E-state index in [1.807, 2.05) is 24.4 Å². The molecule has 1 unspecified atom stereocenters. The lowest BCUT2D eigenvalue weighted by Crippen LogP contribution is -2.23. The van der Waals surface area contributed by atoms with Gasteiger partial charge < -0.3 is 10.7 Å². The molecule has 1 saturated carbocycles. The van der Waals surface area contributed by atoms with Gasteiger partial charge >= 0.3 is 0 Å². The summed E-state index contributed by atoms with van der Waals surface area (Å²) in [6, 6.07) is 8.55. The Balaban J connectivity index is 1.80. The van der Waals surface area contributed by atoms with Gasteiger partial charge in [0.2, 0.25) is 5.91 Å². The van der Waals surface area contributed by atoms with Crippen molar-refractivity contribution in [2.75, 3.05) is 0 Å². The summed E-state index contributed by atoms with van der Waals surface area (Å²) in [5.41, 5.74) is 7.50. The molecular weight excluding hydrogens is 310 g/mol. The quantitative estimate of drug-likeness (QED) is 0.705. The van der Waals surface area contributed by atoms with E-state index in [0.717, 1.165) is 40.3 Å². The number of amides is 1. The van der Waals surface area contributed by atoms with Crippen LogP contribution in [0.3, 0.4) is 0 Å². The average molecular weight is 327 g/mol. The van der Waals surface area contributed by atoms with Gasteiger partial charge in [0.1, 0.15) is 0 Å². The smallest absolute Gasteiger partial charge is 0.230 e. The normalized spacial score (nSPS) is 15.9. The number of nitrogens with two attached hydrogens (primary N) is 1. The molecule has 0 aliphatic heterocycles. The third-order valence-corrected chi connectivity index (χ3v) is 5.16. The van der Waals surface area contributed by atoms with Crippen LogP contribution in [0.2, 0.25) is 0 Å². The van der Waals surface area contributed by atoms with Gasteiger partial charge in [0.05, 0.1) is 5.25 Å². The van der Waals surface area contributed by atoms with Crippen molar-refractivity contribution >= 4 is 28.6 Å². The predicted molar refractivity (Wildman–Crippen MR) is 90.1 cm³/mol. The van der Waals surface area contributed by atoms with Crippen molar-refractivity contribution in [3.05, 3.63) is 30.5 Å². The Kier molecular flexibility index (Phi) is 3.37. The van der Waals surface area contributed by atoms with Gasteiger partial charge in [-0.05, 0) is 25.8 Å². The fourth-order valence-electron chi connectivity index (χ4n) is 2.68. The molecule has 1 aliphatic rings. The average Bonchev–Trinajstić information content (AvgIpc) is 3.16. The van der Waals surface area contributed by atoms with Crippen LogP contribution in [0.4, 0.5) is 0 Å². The molecule has 118 valence electrons. The van der Waals surface area contributed by atoms with Crippen LogP contribution >= 0.6 is 11.8 Å². The third-order valence-electron chi connectivity index (χ3n) is 4.09. The van der Waals surface area contributed by atoms with Crippen molar-refractivity contribution in [2.45, 2.75) is 36.2 Å². The zero-order valence-electron chi connectivity index (χ0n) is 12.7. The highest BCUT2D eigenvalue weighted by Crippen LogP contribution is 2.42. The van der Waals surface area contributed by atoms with Crippen LogP contribution in [0, 0.1) is 0 Å². The van der Waals surface area contributed by atoms with E-state index in [4.69, 9.17) is 5.73 Å². The van der Waals surface area contributed by atoms with Crippen LogP contribution in [-0.4, -0.2) is 30.9 Å². The minimum Gasteiger partial charge on any atom is -0.369 e. The summed E-state index contributed by atoms with van der Waals surface area (Å²) in [4.78, 5) is 14.6. The van der Waals surface area contributed by atoms with Crippen molar-refractivity contribution in [3.63, 3.8) is 0 Å². The molecule has 2 aromatic heterocycles. The number of carbonyl (C=O) groups excluding carboxylic acids is 1. The van der Waals surface area contributed by atoms with E-state index in [1.165, 1.54) is 11.8 Å². The maximum Gasteiger partial charge on any atom is 0.230 e. The van der Waals surface area contributed by atoms with Gasteiger partial charge in [-0.1, -0.05) is 30.0 Å². The Morgan fingerprint density at radius 2 is 2.17 bits per heavy atom. The lowest BCUT2D eigenvalue weighted by Gasteiger charge is -2.10. The summed E-state index contributed by atoms with van der Waals surface area (Å²) < 4.78 is 2.15.